The normalized spacial score (nSPS) is 22.8. The minimum absolute atomic E-state index is 0.115. The second kappa shape index (κ2) is 7.04. The number of carbonyl (C=O) groups is 1. The Hall–Kier alpha value is -0.700. The summed E-state index contributed by atoms with van der Waals surface area (Å²) in [5.74, 6) is -0.780. The van der Waals surface area contributed by atoms with E-state index in [1.807, 2.05) is 0 Å². The van der Waals surface area contributed by atoms with Gasteiger partial charge in [-0.1, -0.05) is 0 Å². The summed E-state index contributed by atoms with van der Waals surface area (Å²) in [7, 11) is -3.75. The fraction of sp³-hybridized carbons (Fsp3) is 0.923. The van der Waals surface area contributed by atoms with Gasteiger partial charge in [0.1, 0.15) is 0 Å². The molecule has 0 amide bonds. The number of carbonyl (C=O) groups excluding carboxylic acids is 1. The molecule has 1 rings (SSSR count). The van der Waals surface area contributed by atoms with E-state index in [-0.39, 0.29) is 19.1 Å². The van der Waals surface area contributed by atoms with Crippen molar-refractivity contribution in [3.05, 3.63) is 0 Å². The average Bonchev–Trinajstić information content (AvgIpc) is 2.38. The van der Waals surface area contributed by atoms with E-state index in [0.717, 1.165) is 0 Å². The van der Waals surface area contributed by atoms with Crippen LogP contribution in [0.3, 0.4) is 0 Å². The molecule has 0 aromatic carbocycles. The fourth-order valence-corrected chi connectivity index (χ4v) is 3.81. The molecule has 1 fully saturated rings. The molecule has 8 heteroatoms. The molecule has 0 spiro atoms. The molecule has 2 atom stereocenters. The Morgan fingerprint density at radius 2 is 2.14 bits per heavy atom. The molecule has 0 radical (unpaired) electrons. The lowest BCUT2D eigenvalue weighted by molar-refractivity contribution is -0.149. The molecule has 0 aromatic rings. The van der Waals surface area contributed by atoms with E-state index in [1.54, 1.807) is 20.8 Å². The van der Waals surface area contributed by atoms with Crippen molar-refractivity contribution in [2.45, 2.75) is 52.2 Å². The van der Waals surface area contributed by atoms with E-state index >= 15 is 0 Å². The SMILES string of the molecule is CCOC(=O)C1CCCN(S(=O)(=O)NC(C)(C)C(C)O)C1. The van der Waals surface area contributed by atoms with E-state index in [0.29, 0.717) is 19.4 Å². The predicted molar refractivity (Wildman–Crippen MR) is 78.7 cm³/mol. The number of nitrogens with one attached hydrogen (secondary N) is 1. The Morgan fingerprint density at radius 3 is 2.67 bits per heavy atom. The number of esters is 1. The number of rotatable bonds is 6. The number of aliphatic hydroxyl groups excluding tert-OH is 1. The molecule has 1 aliphatic heterocycles. The van der Waals surface area contributed by atoms with Gasteiger partial charge in [-0.05, 0) is 40.5 Å². The Morgan fingerprint density at radius 1 is 1.52 bits per heavy atom. The van der Waals surface area contributed by atoms with Gasteiger partial charge in [0.15, 0.2) is 0 Å². The second-order valence-electron chi connectivity index (χ2n) is 5.95. The largest absolute Gasteiger partial charge is 0.466 e. The van der Waals surface area contributed by atoms with Gasteiger partial charge in [0.2, 0.25) is 0 Å². The minimum Gasteiger partial charge on any atom is -0.466 e. The zero-order valence-electron chi connectivity index (χ0n) is 13.1. The van der Waals surface area contributed by atoms with Gasteiger partial charge in [0.05, 0.1) is 24.2 Å². The van der Waals surface area contributed by atoms with Crippen LogP contribution in [0, 0.1) is 5.92 Å². The highest BCUT2D eigenvalue weighted by atomic mass is 32.2. The molecule has 2 N–H and O–H groups in total. The third kappa shape index (κ3) is 4.91. The first kappa shape index (κ1) is 18.3. The monoisotopic (exact) mass is 322 g/mol. The number of ether oxygens (including phenoxy) is 1. The van der Waals surface area contributed by atoms with Gasteiger partial charge in [-0.15, -0.1) is 0 Å². The van der Waals surface area contributed by atoms with Crippen molar-refractivity contribution >= 4 is 16.2 Å². The van der Waals surface area contributed by atoms with E-state index < -0.39 is 27.8 Å². The van der Waals surface area contributed by atoms with Gasteiger partial charge >= 0.3 is 5.97 Å². The van der Waals surface area contributed by atoms with Crippen molar-refractivity contribution in [3.63, 3.8) is 0 Å². The van der Waals surface area contributed by atoms with Crippen molar-refractivity contribution in [2.24, 2.45) is 5.92 Å². The van der Waals surface area contributed by atoms with Gasteiger partial charge in [0.25, 0.3) is 10.2 Å². The molecule has 0 bridgehead atoms. The van der Waals surface area contributed by atoms with Crippen LogP contribution in [-0.4, -0.2) is 55.1 Å². The first-order chi connectivity index (χ1) is 9.60. The molecule has 7 nitrogen and oxygen atoms in total. The van der Waals surface area contributed by atoms with E-state index in [1.165, 1.54) is 11.2 Å². The number of nitrogens with zero attached hydrogens (tertiary/aromatic N) is 1. The Labute approximate surface area is 126 Å². The summed E-state index contributed by atoms with van der Waals surface area (Å²) in [6.45, 7) is 7.24. The number of hydrogen-bond acceptors (Lipinski definition) is 5. The van der Waals surface area contributed by atoms with Crippen molar-refractivity contribution in [1.82, 2.24) is 9.03 Å². The van der Waals surface area contributed by atoms with Crippen LogP contribution in [0.1, 0.15) is 40.5 Å². The zero-order chi connectivity index (χ0) is 16.3. The Bertz CT molecular complexity index is 461. The maximum atomic E-state index is 12.4. The fourth-order valence-electron chi connectivity index (χ4n) is 2.10. The zero-order valence-corrected chi connectivity index (χ0v) is 13.9. The maximum Gasteiger partial charge on any atom is 0.310 e. The minimum atomic E-state index is -3.75. The smallest absolute Gasteiger partial charge is 0.310 e. The van der Waals surface area contributed by atoms with Crippen LogP contribution in [0.4, 0.5) is 0 Å². The van der Waals surface area contributed by atoms with Gasteiger partial charge in [-0.3, -0.25) is 4.79 Å². The third-order valence-electron chi connectivity index (χ3n) is 3.78. The van der Waals surface area contributed by atoms with Crippen LogP contribution in [0.5, 0.6) is 0 Å². The third-order valence-corrected chi connectivity index (χ3v) is 5.58. The van der Waals surface area contributed by atoms with E-state index in [9.17, 15) is 18.3 Å². The summed E-state index contributed by atoms with van der Waals surface area (Å²) in [4.78, 5) is 11.8. The summed E-state index contributed by atoms with van der Waals surface area (Å²) in [6.07, 6.45) is 0.405. The van der Waals surface area contributed by atoms with E-state index in [2.05, 4.69) is 4.72 Å². The molecule has 124 valence electrons. The molecular formula is C13H26N2O5S. The highest BCUT2D eigenvalue weighted by Crippen LogP contribution is 2.21. The summed E-state index contributed by atoms with van der Waals surface area (Å²) >= 11 is 0. The van der Waals surface area contributed by atoms with Crippen LogP contribution in [0.2, 0.25) is 0 Å². The van der Waals surface area contributed by atoms with Gasteiger partial charge in [-0.2, -0.15) is 17.4 Å². The summed E-state index contributed by atoms with van der Waals surface area (Å²) in [5.41, 5.74) is -0.976. The Kier molecular flexibility index (Phi) is 6.15. The lowest BCUT2D eigenvalue weighted by Crippen LogP contribution is -2.57. The van der Waals surface area contributed by atoms with Crippen LogP contribution < -0.4 is 4.72 Å². The summed E-state index contributed by atoms with van der Waals surface area (Å²) in [6, 6.07) is 0. The van der Waals surface area contributed by atoms with Crippen molar-refractivity contribution in [3.8, 4) is 0 Å². The maximum absolute atomic E-state index is 12.4. The molecular weight excluding hydrogens is 296 g/mol. The molecule has 0 aromatic heterocycles. The standard InChI is InChI=1S/C13H26N2O5S/c1-5-20-12(17)11-7-6-8-15(9-11)21(18,19)14-13(3,4)10(2)16/h10-11,14,16H,5-9H2,1-4H3. The molecule has 0 saturated carbocycles. The van der Waals surface area contributed by atoms with Crippen molar-refractivity contribution in [2.75, 3.05) is 19.7 Å². The van der Waals surface area contributed by atoms with Crippen LogP contribution in [0.15, 0.2) is 0 Å². The Balaban J connectivity index is 2.77. The van der Waals surface area contributed by atoms with Gasteiger partial charge < -0.3 is 9.84 Å². The predicted octanol–water partition coefficient (Wildman–Crippen LogP) is 0.255. The molecule has 21 heavy (non-hydrogen) atoms. The quantitative estimate of drug-likeness (QED) is 0.684. The van der Waals surface area contributed by atoms with Gasteiger partial charge in [-0.25, -0.2) is 0 Å². The van der Waals surface area contributed by atoms with Crippen LogP contribution in [0.25, 0.3) is 0 Å². The second-order valence-corrected chi connectivity index (χ2v) is 7.62. The van der Waals surface area contributed by atoms with Crippen molar-refractivity contribution < 1.29 is 23.1 Å². The number of hydrogen-bond donors (Lipinski definition) is 2. The molecule has 1 heterocycles. The van der Waals surface area contributed by atoms with E-state index in [4.69, 9.17) is 4.74 Å². The molecule has 0 aliphatic carbocycles. The lowest BCUT2D eigenvalue weighted by atomic mass is 10.0. The molecule has 1 aliphatic rings. The topological polar surface area (TPSA) is 95.9 Å². The van der Waals surface area contributed by atoms with Crippen LogP contribution >= 0.6 is 0 Å². The number of piperidine rings is 1. The molecule has 2 unspecified atom stereocenters. The summed E-state index contributed by atoms with van der Waals surface area (Å²) in [5, 5.41) is 9.63. The first-order valence-corrected chi connectivity index (χ1v) is 8.68. The average molecular weight is 322 g/mol. The van der Waals surface area contributed by atoms with Crippen molar-refractivity contribution in [1.29, 1.82) is 0 Å². The van der Waals surface area contributed by atoms with Crippen LogP contribution in [-0.2, 0) is 19.7 Å². The first-order valence-electron chi connectivity index (χ1n) is 7.24. The summed E-state index contributed by atoms with van der Waals surface area (Å²) < 4.78 is 33.5. The number of aliphatic hydroxyl groups is 1. The highest BCUT2D eigenvalue weighted by Gasteiger charge is 2.37. The lowest BCUT2D eigenvalue weighted by Gasteiger charge is -2.35. The molecule has 1 saturated heterocycles. The highest BCUT2D eigenvalue weighted by molar-refractivity contribution is 7.87. The van der Waals surface area contributed by atoms with Gasteiger partial charge in [0, 0.05) is 13.1 Å².